The van der Waals surface area contributed by atoms with Crippen LogP contribution in [0.25, 0.3) is 0 Å². The largest absolute Gasteiger partial charge is 0.481 e. The van der Waals surface area contributed by atoms with Crippen molar-refractivity contribution in [3.8, 4) is 0 Å². The van der Waals surface area contributed by atoms with Gasteiger partial charge in [-0.05, 0) is 19.4 Å². The van der Waals surface area contributed by atoms with Gasteiger partial charge in [0.25, 0.3) is 0 Å². The van der Waals surface area contributed by atoms with Crippen LogP contribution >= 0.6 is 0 Å². The second-order valence-corrected chi connectivity index (χ2v) is 6.55. The van der Waals surface area contributed by atoms with Crippen molar-refractivity contribution in [1.29, 1.82) is 0 Å². The van der Waals surface area contributed by atoms with Gasteiger partial charge in [-0.3, -0.25) is 9.48 Å². The van der Waals surface area contributed by atoms with E-state index in [9.17, 15) is 13.2 Å². The molecule has 94 valence electrons. The molecule has 1 aromatic rings. The fourth-order valence-corrected chi connectivity index (χ4v) is 3.76. The van der Waals surface area contributed by atoms with Crippen molar-refractivity contribution in [3.05, 3.63) is 18.0 Å². The third kappa shape index (κ3) is 2.33. The molecule has 0 spiro atoms. The first-order chi connectivity index (χ1) is 7.91. The summed E-state index contributed by atoms with van der Waals surface area (Å²) in [6, 6.07) is 1.40. The molecular formula is C10H14N2O4S. The van der Waals surface area contributed by atoms with Crippen LogP contribution in [0.15, 0.2) is 12.3 Å². The van der Waals surface area contributed by atoms with Crippen molar-refractivity contribution in [1.82, 2.24) is 9.78 Å². The van der Waals surface area contributed by atoms with Gasteiger partial charge in [-0.2, -0.15) is 5.10 Å². The summed E-state index contributed by atoms with van der Waals surface area (Å²) in [6.07, 6.45) is 2.02. The maximum atomic E-state index is 11.4. The highest BCUT2D eigenvalue weighted by Crippen LogP contribution is 2.27. The van der Waals surface area contributed by atoms with Crippen molar-refractivity contribution in [2.75, 3.05) is 11.5 Å². The van der Waals surface area contributed by atoms with Crippen LogP contribution < -0.4 is 0 Å². The average Bonchev–Trinajstić information content (AvgIpc) is 2.82. The zero-order chi connectivity index (χ0) is 12.6. The van der Waals surface area contributed by atoms with Crippen LogP contribution in [0.2, 0.25) is 0 Å². The summed E-state index contributed by atoms with van der Waals surface area (Å²) >= 11 is 0. The molecule has 0 bridgehead atoms. The molecule has 1 aromatic heterocycles. The van der Waals surface area contributed by atoms with Gasteiger partial charge in [0.05, 0.1) is 29.2 Å². The first kappa shape index (κ1) is 12.1. The van der Waals surface area contributed by atoms with E-state index in [1.165, 1.54) is 6.20 Å². The van der Waals surface area contributed by atoms with E-state index >= 15 is 0 Å². The molecule has 1 aliphatic heterocycles. The SMILES string of the molecule is CC(C(=O)O)c1ccnn1C1CCS(=O)(=O)C1. The molecule has 1 fully saturated rings. The first-order valence-electron chi connectivity index (χ1n) is 5.37. The molecule has 1 saturated heterocycles. The van der Waals surface area contributed by atoms with Crippen molar-refractivity contribution in [2.24, 2.45) is 0 Å². The molecular weight excluding hydrogens is 244 g/mol. The summed E-state index contributed by atoms with van der Waals surface area (Å²) in [6.45, 7) is 1.57. The molecule has 1 aliphatic rings. The van der Waals surface area contributed by atoms with Crippen molar-refractivity contribution < 1.29 is 18.3 Å². The molecule has 17 heavy (non-hydrogen) atoms. The van der Waals surface area contributed by atoms with Crippen LogP contribution in [0.3, 0.4) is 0 Å². The predicted octanol–water partition coefficient (Wildman–Crippen LogP) is 0.431. The lowest BCUT2D eigenvalue weighted by Crippen LogP contribution is -2.19. The van der Waals surface area contributed by atoms with E-state index < -0.39 is 21.7 Å². The van der Waals surface area contributed by atoms with Crippen LogP contribution in [0, 0.1) is 0 Å². The molecule has 0 saturated carbocycles. The van der Waals surface area contributed by atoms with E-state index in [4.69, 9.17) is 5.11 Å². The molecule has 2 heterocycles. The van der Waals surface area contributed by atoms with E-state index in [0.717, 1.165) is 0 Å². The monoisotopic (exact) mass is 258 g/mol. The third-order valence-electron chi connectivity index (χ3n) is 3.07. The summed E-state index contributed by atoms with van der Waals surface area (Å²) in [5.74, 6) is -1.42. The van der Waals surface area contributed by atoms with Gasteiger partial charge in [-0.15, -0.1) is 0 Å². The standard InChI is InChI=1S/C10H14N2O4S/c1-7(10(13)14)9-2-4-11-12(9)8-3-5-17(15,16)6-8/h2,4,7-8H,3,5-6H2,1H3,(H,13,14). The Morgan fingerprint density at radius 3 is 2.88 bits per heavy atom. The third-order valence-corrected chi connectivity index (χ3v) is 4.82. The van der Waals surface area contributed by atoms with Crippen LogP contribution in [-0.2, 0) is 14.6 Å². The minimum absolute atomic E-state index is 0.0496. The van der Waals surface area contributed by atoms with Crippen LogP contribution in [0.4, 0.5) is 0 Å². The number of sulfone groups is 1. The van der Waals surface area contributed by atoms with Gasteiger partial charge < -0.3 is 5.11 Å². The van der Waals surface area contributed by atoms with Crippen molar-refractivity contribution in [3.63, 3.8) is 0 Å². The van der Waals surface area contributed by atoms with E-state index in [1.807, 2.05) is 0 Å². The first-order valence-corrected chi connectivity index (χ1v) is 7.19. The number of nitrogens with zero attached hydrogens (tertiary/aromatic N) is 2. The molecule has 2 rings (SSSR count). The second-order valence-electron chi connectivity index (χ2n) is 4.32. The van der Waals surface area contributed by atoms with E-state index in [0.29, 0.717) is 12.1 Å². The second kappa shape index (κ2) is 4.14. The summed E-state index contributed by atoms with van der Waals surface area (Å²) in [7, 11) is -2.99. The Morgan fingerprint density at radius 2 is 2.35 bits per heavy atom. The van der Waals surface area contributed by atoms with E-state index in [2.05, 4.69) is 5.10 Å². The zero-order valence-corrected chi connectivity index (χ0v) is 10.2. The molecule has 2 unspecified atom stereocenters. The Balaban J connectivity index is 2.29. The summed E-state index contributed by atoms with van der Waals surface area (Å²) in [4.78, 5) is 10.9. The van der Waals surface area contributed by atoms with Gasteiger partial charge in [0.1, 0.15) is 0 Å². The maximum Gasteiger partial charge on any atom is 0.312 e. The number of hydrogen-bond donors (Lipinski definition) is 1. The molecule has 1 N–H and O–H groups in total. The summed E-state index contributed by atoms with van der Waals surface area (Å²) < 4.78 is 24.3. The fraction of sp³-hybridized carbons (Fsp3) is 0.600. The van der Waals surface area contributed by atoms with Crippen LogP contribution in [0.1, 0.15) is 31.0 Å². The molecule has 2 atom stereocenters. The summed E-state index contributed by atoms with van der Waals surface area (Å²) in [5, 5.41) is 13.0. The van der Waals surface area contributed by atoms with Gasteiger partial charge in [0.15, 0.2) is 9.84 Å². The predicted molar refractivity (Wildman–Crippen MR) is 60.6 cm³/mol. The number of aromatic nitrogens is 2. The van der Waals surface area contributed by atoms with E-state index in [-0.39, 0.29) is 17.5 Å². The number of hydrogen-bond acceptors (Lipinski definition) is 4. The van der Waals surface area contributed by atoms with Gasteiger partial charge in [-0.25, -0.2) is 8.42 Å². The number of rotatable bonds is 3. The van der Waals surface area contributed by atoms with E-state index in [1.54, 1.807) is 17.7 Å². The van der Waals surface area contributed by atoms with Gasteiger partial charge >= 0.3 is 5.97 Å². The Bertz CT molecular complexity index is 534. The number of aliphatic carboxylic acids is 1. The highest BCUT2D eigenvalue weighted by Gasteiger charge is 2.32. The molecule has 6 nitrogen and oxygen atoms in total. The van der Waals surface area contributed by atoms with Gasteiger partial charge in [-0.1, -0.05) is 0 Å². The Labute approximate surface area is 99.2 Å². The smallest absolute Gasteiger partial charge is 0.312 e. The average molecular weight is 258 g/mol. The Hall–Kier alpha value is -1.37. The highest BCUT2D eigenvalue weighted by molar-refractivity contribution is 7.91. The van der Waals surface area contributed by atoms with Crippen molar-refractivity contribution >= 4 is 15.8 Å². The maximum absolute atomic E-state index is 11.4. The number of carboxylic acid groups (broad SMARTS) is 1. The molecule has 0 amide bonds. The van der Waals surface area contributed by atoms with Crippen LogP contribution in [-0.4, -0.2) is 40.8 Å². The lowest BCUT2D eigenvalue weighted by molar-refractivity contribution is -0.138. The summed E-state index contributed by atoms with van der Waals surface area (Å²) in [5.41, 5.74) is 0.555. The minimum atomic E-state index is -2.99. The molecule has 7 heteroatoms. The molecule has 0 aromatic carbocycles. The zero-order valence-electron chi connectivity index (χ0n) is 9.41. The lowest BCUT2D eigenvalue weighted by atomic mass is 10.1. The fourth-order valence-electron chi connectivity index (χ4n) is 2.07. The lowest BCUT2D eigenvalue weighted by Gasteiger charge is -2.15. The minimum Gasteiger partial charge on any atom is -0.481 e. The quantitative estimate of drug-likeness (QED) is 0.849. The van der Waals surface area contributed by atoms with Gasteiger partial charge in [0, 0.05) is 6.20 Å². The molecule has 0 aliphatic carbocycles. The number of carbonyl (C=O) groups is 1. The Kier molecular flexibility index (Phi) is 2.94. The van der Waals surface area contributed by atoms with Crippen LogP contribution in [0.5, 0.6) is 0 Å². The molecule has 0 radical (unpaired) electrons. The van der Waals surface area contributed by atoms with Crippen molar-refractivity contribution in [2.45, 2.75) is 25.3 Å². The highest BCUT2D eigenvalue weighted by atomic mass is 32.2. The normalized spacial score (nSPS) is 24.6. The number of carboxylic acids is 1. The Morgan fingerprint density at radius 1 is 1.65 bits per heavy atom. The topological polar surface area (TPSA) is 89.3 Å². The van der Waals surface area contributed by atoms with Gasteiger partial charge in [0.2, 0.25) is 0 Å².